The van der Waals surface area contributed by atoms with Crippen molar-refractivity contribution in [1.82, 2.24) is 0 Å². The fourth-order valence-corrected chi connectivity index (χ4v) is 3.44. The standard InChI is InChI=1S/C12H23IO/c1-4-14-12(9-13)7-5-11(6-8-12)10(2)3/h10-11H,4-9H2,1-3H3. The molecular formula is C12H23IO. The Bertz CT molecular complexity index is 160. The second kappa shape index (κ2) is 5.69. The average Bonchev–Trinajstić information content (AvgIpc) is 2.19. The largest absolute Gasteiger partial charge is 0.374 e. The summed E-state index contributed by atoms with van der Waals surface area (Å²) in [5.41, 5.74) is 0.223. The molecule has 1 nitrogen and oxygen atoms in total. The van der Waals surface area contributed by atoms with Gasteiger partial charge in [-0.05, 0) is 44.4 Å². The molecule has 0 aromatic heterocycles. The van der Waals surface area contributed by atoms with Gasteiger partial charge in [0.1, 0.15) is 0 Å². The first-order chi connectivity index (χ1) is 6.63. The number of hydrogen-bond donors (Lipinski definition) is 0. The van der Waals surface area contributed by atoms with Crippen molar-refractivity contribution in [3.63, 3.8) is 0 Å². The Kier molecular flexibility index (Phi) is 5.18. The summed E-state index contributed by atoms with van der Waals surface area (Å²) in [6.45, 7) is 7.68. The second-order valence-electron chi connectivity index (χ2n) is 4.83. The highest BCUT2D eigenvalue weighted by Crippen LogP contribution is 2.39. The predicted octanol–water partition coefficient (Wildman–Crippen LogP) is 4.04. The van der Waals surface area contributed by atoms with Crippen molar-refractivity contribution >= 4 is 22.6 Å². The van der Waals surface area contributed by atoms with E-state index in [9.17, 15) is 0 Å². The van der Waals surface area contributed by atoms with Gasteiger partial charge in [0.15, 0.2) is 0 Å². The minimum atomic E-state index is 0.223. The molecule has 1 aliphatic rings. The highest BCUT2D eigenvalue weighted by Gasteiger charge is 2.35. The van der Waals surface area contributed by atoms with Gasteiger partial charge in [-0.25, -0.2) is 0 Å². The summed E-state index contributed by atoms with van der Waals surface area (Å²) in [6.07, 6.45) is 5.26. The molecule has 0 radical (unpaired) electrons. The van der Waals surface area contributed by atoms with E-state index in [2.05, 4.69) is 43.4 Å². The minimum Gasteiger partial charge on any atom is -0.374 e. The summed E-state index contributed by atoms with van der Waals surface area (Å²) < 4.78 is 7.10. The first-order valence-electron chi connectivity index (χ1n) is 5.83. The zero-order valence-corrected chi connectivity index (χ0v) is 11.8. The molecule has 1 aliphatic carbocycles. The molecule has 1 rings (SSSR count). The molecule has 0 saturated heterocycles. The van der Waals surface area contributed by atoms with E-state index in [4.69, 9.17) is 4.74 Å². The maximum Gasteiger partial charge on any atom is 0.0771 e. The van der Waals surface area contributed by atoms with Crippen LogP contribution in [0.15, 0.2) is 0 Å². The second-order valence-corrected chi connectivity index (χ2v) is 5.59. The van der Waals surface area contributed by atoms with E-state index >= 15 is 0 Å². The molecule has 0 aromatic rings. The Morgan fingerprint density at radius 2 is 1.93 bits per heavy atom. The van der Waals surface area contributed by atoms with Crippen molar-refractivity contribution in [1.29, 1.82) is 0 Å². The van der Waals surface area contributed by atoms with Crippen LogP contribution in [0.4, 0.5) is 0 Å². The summed E-state index contributed by atoms with van der Waals surface area (Å²) in [4.78, 5) is 0. The fraction of sp³-hybridized carbons (Fsp3) is 1.00. The van der Waals surface area contributed by atoms with E-state index in [1.54, 1.807) is 0 Å². The SMILES string of the molecule is CCOC1(CI)CCC(C(C)C)CC1. The monoisotopic (exact) mass is 310 g/mol. The first-order valence-corrected chi connectivity index (χ1v) is 7.36. The molecule has 0 bridgehead atoms. The van der Waals surface area contributed by atoms with Crippen LogP contribution in [0.2, 0.25) is 0 Å². The van der Waals surface area contributed by atoms with Crippen LogP contribution >= 0.6 is 22.6 Å². The van der Waals surface area contributed by atoms with Crippen molar-refractivity contribution in [2.75, 3.05) is 11.0 Å². The van der Waals surface area contributed by atoms with Crippen LogP contribution in [0.25, 0.3) is 0 Å². The number of ether oxygens (including phenoxy) is 1. The van der Waals surface area contributed by atoms with Crippen LogP contribution in [0.1, 0.15) is 46.5 Å². The van der Waals surface area contributed by atoms with Crippen LogP contribution in [0, 0.1) is 11.8 Å². The maximum atomic E-state index is 5.94. The quantitative estimate of drug-likeness (QED) is 0.562. The van der Waals surface area contributed by atoms with Crippen molar-refractivity contribution in [3.05, 3.63) is 0 Å². The molecule has 0 atom stereocenters. The predicted molar refractivity (Wildman–Crippen MR) is 70.0 cm³/mol. The van der Waals surface area contributed by atoms with Gasteiger partial charge < -0.3 is 4.74 Å². The molecule has 0 aromatic carbocycles. The van der Waals surface area contributed by atoms with Gasteiger partial charge in [-0.3, -0.25) is 0 Å². The highest BCUT2D eigenvalue weighted by atomic mass is 127. The van der Waals surface area contributed by atoms with Crippen LogP contribution < -0.4 is 0 Å². The minimum absolute atomic E-state index is 0.223. The molecule has 0 amide bonds. The molecule has 0 unspecified atom stereocenters. The van der Waals surface area contributed by atoms with Crippen molar-refractivity contribution < 1.29 is 4.74 Å². The number of halogens is 1. The summed E-state index contributed by atoms with van der Waals surface area (Å²) >= 11 is 2.48. The lowest BCUT2D eigenvalue weighted by molar-refractivity contribution is -0.0565. The Balaban J connectivity index is 2.46. The van der Waals surface area contributed by atoms with E-state index in [0.717, 1.165) is 22.9 Å². The Hall–Kier alpha value is 0.690. The summed E-state index contributed by atoms with van der Waals surface area (Å²) in [5.74, 6) is 1.79. The summed E-state index contributed by atoms with van der Waals surface area (Å²) in [7, 11) is 0. The summed E-state index contributed by atoms with van der Waals surface area (Å²) in [6, 6.07) is 0. The van der Waals surface area contributed by atoms with Crippen molar-refractivity contribution in [2.24, 2.45) is 11.8 Å². The number of hydrogen-bond acceptors (Lipinski definition) is 1. The van der Waals surface area contributed by atoms with Crippen LogP contribution in [0.5, 0.6) is 0 Å². The smallest absolute Gasteiger partial charge is 0.0771 e. The van der Waals surface area contributed by atoms with E-state index in [1.807, 2.05) is 0 Å². The van der Waals surface area contributed by atoms with Gasteiger partial charge in [0.2, 0.25) is 0 Å². The van der Waals surface area contributed by atoms with Gasteiger partial charge in [-0.1, -0.05) is 36.4 Å². The molecule has 0 aliphatic heterocycles. The molecule has 1 fully saturated rings. The zero-order valence-electron chi connectivity index (χ0n) is 9.68. The molecule has 2 heteroatoms. The van der Waals surface area contributed by atoms with Crippen LogP contribution in [0.3, 0.4) is 0 Å². The average molecular weight is 310 g/mol. The lowest BCUT2D eigenvalue weighted by Crippen LogP contribution is -2.39. The fourth-order valence-electron chi connectivity index (χ4n) is 2.46. The van der Waals surface area contributed by atoms with Gasteiger partial charge in [-0.15, -0.1) is 0 Å². The molecular weight excluding hydrogens is 287 g/mol. The molecule has 1 saturated carbocycles. The Labute approximate surface area is 102 Å². The zero-order chi connectivity index (χ0) is 10.6. The third kappa shape index (κ3) is 3.09. The molecule has 0 heterocycles. The summed E-state index contributed by atoms with van der Waals surface area (Å²) in [5, 5.41) is 0. The Morgan fingerprint density at radius 1 is 1.36 bits per heavy atom. The first kappa shape index (κ1) is 12.8. The van der Waals surface area contributed by atoms with Gasteiger partial charge in [0.25, 0.3) is 0 Å². The van der Waals surface area contributed by atoms with E-state index in [-0.39, 0.29) is 5.60 Å². The molecule has 0 spiro atoms. The third-order valence-electron chi connectivity index (χ3n) is 3.58. The molecule has 0 N–H and O–H groups in total. The normalized spacial score (nSPS) is 33.6. The highest BCUT2D eigenvalue weighted by molar-refractivity contribution is 14.1. The lowest BCUT2D eigenvalue weighted by Gasteiger charge is -2.40. The van der Waals surface area contributed by atoms with Crippen LogP contribution in [-0.2, 0) is 4.74 Å². The molecule has 14 heavy (non-hydrogen) atoms. The Morgan fingerprint density at radius 3 is 2.29 bits per heavy atom. The van der Waals surface area contributed by atoms with Gasteiger partial charge in [-0.2, -0.15) is 0 Å². The molecule has 84 valence electrons. The number of rotatable bonds is 4. The van der Waals surface area contributed by atoms with Crippen LogP contribution in [-0.4, -0.2) is 16.6 Å². The van der Waals surface area contributed by atoms with Gasteiger partial charge in [0, 0.05) is 11.0 Å². The van der Waals surface area contributed by atoms with E-state index in [0.29, 0.717) is 0 Å². The van der Waals surface area contributed by atoms with Crippen molar-refractivity contribution in [2.45, 2.75) is 52.1 Å². The van der Waals surface area contributed by atoms with Gasteiger partial charge in [0.05, 0.1) is 5.60 Å². The van der Waals surface area contributed by atoms with Crippen molar-refractivity contribution in [3.8, 4) is 0 Å². The third-order valence-corrected chi connectivity index (χ3v) is 4.97. The van der Waals surface area contributed by atoms with Gasteiger partial charge >= 0.3 is 0 Å². The van der Waals surface area contributed by atoms with E-state index < -0.39 is 0 Å². The topological polar surface area (TPSA) is 9.23 Å². The number of alkyl halides is 1. The van der Waals surface area contributed by atoms with E-state index in [1.165, 1.54) is 25.7 Å². The lowest BCUT2D eigenvalue weighted by atomic mass is 9.75. The maximum absolute atomic E-state index is 5.94.